The van der Waals surface area contributed by atoms with Crippen LogP contribution in [0.2, 0.25) is 5.02 Å². The van der Waals surface area contributed by atoms with Crippen LogP contribution >= 0.6 is 11.6 Å². The Morgan fingerprint density at radius 1 is 1.19 bits per heavy atom. The number of benzene rings is 1. The van der Waals surface area contributed by atoms with Crippen LogP contribution in [-0.4, -0.2) is 9.97 Å². The molecule has 0 amide bonds. The van der Waals surface area contributed by atoms with Crippen LogP contribution in [0.4, 0.5) is 0 Å². The van der Waals surface area contributed by atoms with Crippen molar-refractivity contribution in [3.8, 4) is 11.3 Å². The molecule has 0 radical (unpaired) electrons. The molecule has 1 aromatic carbocycles. The lowest BCUT2D eigenvalue weighted by atomic mass is 10.1. The van der Waals surface area contributed by atoms with Crippen molar-refractivity contribution >= 4 is 11.6 Å². The van der Waals surface area contributed by atoms with Crippen molar-refractivity contribution in [2.45, 2.75) is 19.8 Å². The van der Waals surface area contributed by atoms with E-state index in [1.54, 1.807) is 12.4 Å². The summed E-state index contributed by atoms with van der Waals surface area (Å²) in [6, 6.07) is 7.65. The Balaban J connectivity index is 2.44. The summed E-state index contributed by atoms with van der Waals surface area (Å²) in [6.07, 6.45) is 3.57. The molecule has 0 N–H and O–H groups in total. The summed E-state index contributed by atoms with van der Waals surface area (Å²) >= 11 is 5.95. The fourth-order valence-electron chi connectivity index (χ4n) is 1.45. The summed E-state index contributed by atoms with van der Waals surface area (Å²) in [6.45, 7) is 4.21. The van der Waals surface area contributed by atoms with E-state index >= 15 is 0 Å². The Morgan fingerprint density at radius 2 is 2.00 bits per heavy atom. The van der Waals surface area contributed by atoms with Gasteiger partial charge in [0.25, 0.3) is 0 Å². The fraction of sp³-hybridized carbons (Fsp3) is 0.231. The average molecular weight is 233 g/mol. The molecule has 0 spiro atoms. The predicted octanol–water partition coefficient (Wildman–Crippen LogP) is 3.92. The Bertz CT molecular complexity index is 495. The van der Waals surface area contributed by atoms with Gasteiger partial charge in [0, 0.05) is 16.8 Å². The van der Waals surface area contributed by atoms with Gasteiger partial charge in [-0.1, -0.05) is 37.6 Å². The van der Waals surface area contributed by atoms with Crippen molar-refractivity contribution in [3.05, 3.63) is 47.4 Å². The third-order valence-electron chi connectivity index (χ3n) is 2.37. The Labute approximate surface area is 100 Å². The van der Waals surface area contributed by atoms with Crippen molar-refractivity contribution in [3.63, 3.8) is 0 Å². The third-order valence-corrected chi connectivity index (χ3v) is 2.60. The number of hydrogen-bond acceptors (Lipinski definition) is 2. The lowest BCUT2D eigenvalue weighted by molar-refractivity contribution is 0.814. The summed E-state index contributed by atoms with van der Waals surface area (Å²) < 4.78 is 0. The molecule has 0 unspecified atom stereocenters. The zero-order valence-electron chi connectivity index (χ0n) is 9.31. The molecular weight excluding hydrogens is 220 g/mol. The maximum Gasteiger partial charge on any atom is 0.0889 e. The molecule has 16 heavy (non-hydrogen) atoms. The molecule has 0 saturated carbocycles. The topological polar surface area (TPSA) is 25.8 Å². The number of rotatable bonds is 2. The fourth-order valence-corrected chi connectivity index (χ4v) is 1.64. The van der Waals surface area contributed by atoms with E-state index in [1.807, 2.05) is 24.3 Å². The molecule has 1 aromatic heterocycles. The lowest BCUT2D eigenvalue weighted by Gasteiger charge is -2.06. The normalized spacial score (nSPS) is 10.8. The maximum atomic E-state index is 5.95. The van der Waals surface area contributed by atoms with Crippen molar-refractivity contribution in [2.24, 2.45) is 0 Å². The molecule has 0 fully saturated rings. The smallest absolute Gasteiger partial charge is 0.0889 e. The molecule has 0 saturated heterocycles. The van der Waals surface area contributed by atoms with Gasteiger partial charge in [-0.25, -0.2) is 4.98 Å². The van der Waals surface area contributed by atoms with Crippen LogP contribution in [0, 0.1) is 0 Å². The summed E-state index contributed by atoms with van der Waals surface area (Å²) in [4.78, 5) is 8.77. The van der Waals surface area contributed by atoms with Crippen LogP contribution in [0.3, 0.4) is 0 Å². The zero-order chi connectivity index (χ0) is 11.5. The van der Waals surface area contributed by atoms with E-state index in [1.165, 1.54) is 0 Å². The molecule has 82 valence electrons. The average Bonchev–Trinajstić information content (AvgIpc) is 2.29. The van der Waals surface area contributed by atoms with Gasteiger partial charge in [0.1, 0.15) is 0 Å². The summed E-state index contributed by atoms with van der Waals surface area (Å²) in [5.74, 6) is 0.381. The van der Waals surface area contributed by atoms with E-state index in [4.69, 9.17) is 11.6 Å². The SMILES string of the molecule is CC(C)c1cncc(-c2cccc(Cl)c2)n1. The first-order valence-electron chi connectivity index (χ1n) is 5.24. The molecule has 2 aromatic rings. The zero-order valence-corrected chi connectivity index (χ0v) is 10.1. The highest BCUT2D eigenvalue weighted by Crippen LogP contribution is 2.21. The number of aromatic nitrogens is 2. The second kappa shape index (κ2) is 4.62. The molecule has 3 heteroatoms. The second-order valence-electron chi connectivity index (χ2n) is 3.99. The van der Waals surface area contributed by atoms with Crippen LogP contribution < -0.4 is 0 Å². The Hall–Kier alpha value is -1.41. The molecule has 0 aliphatic carbocycles. The first-order valence-corrected chi connectivity index (χ1v) is 5.62. The molecule has 2 nitrogen and oxygen atoms in total. The van der Waals surface area contributed by atoms with Crippen LogP contribution in [0.1, 0.15) is 25.5 Å². The quantitative estimate of drug-likeness (QED) is 0.784. The van der Waals surface area contributed by atoms with Crippen LogP contribution in [0.15, 0.2) is 36.7 Å². The molecule has 2 rings (SSSR count). The van der Waals surface area contributed by atoms with Crippen LogP contribution in [0.25, 0.3) is 11.3 Å². The minimum Gasteiger partial charge on any atom is -0.261 e. The molecule has 0 aliphatic rings. The van der Waals surface area contributed by atoms with Crippen LogP contribution in [-0.2, 0) is 0 Å². The summed E-state index contributed by atoms with van der Waals surface area (Å²) in [5.41, 5.74) is 2.87. The molecular formula is C13H13ClN2. The van der Waals surface area contributed by atoms with E-state index < -0.39 is 0 Å². The number of halogens is 1. The Morgan fingerprint density at radius 3 is 2.69 bits per heavy atom. The first kappa shape index (κ1) is 11.1. The van der Waals surface area contributed by atoms with Gasteiger partial charge in [0.15, 0.2) is 0 Å². The predicted molar refractivity (Wildman–Crippen MR) is 66.6 cm³/mol. The maximum absolute atomic E-state index is 5.95. The lowest BCUT2D eigenvalue weighted by Crippen LogP contribution is -1.95. The van der Waals surface area contributed by atoms with Crippen molar-refractivity contribution in [1.29, 1.82) is 0 Å². The minimum atomic E-state index is 0.381. The second-order valence-corrected chi connectivity index (χ2v) is 4.43. The summed E-state index contributed by atoms with van der Waals surface area (Å²) in [5, 5.41) is 0.717. The van der Waals surface area contributed by atoms with Crippen molar-refractivity contribution in [1.82, 2.24) is 9.97 Å². The van der Waals surface area contributed by atoms with E-state index in [0.29, 0.717) is 10.9 Å². The van der Waals surface area contributed by atoms with E-state index in [-0.39, 0.29) is 0 Å². The molecule has 1 heterocycles. The molecule has 0 aliphatic heterocycles. The van der Waals surface area contributed by atoms with Gasteiger partial charge in [0.05, 0.1) is 17.6 Å². The van der Waals surface area contributed by atoms with Gasteiger partial charge in [-0.15, -0.1) is 0 Å². The van der Waals surface area contributed by atoms with Gasteiger partial charge in [-0.3, -0.25) is 4.98 Å². The van der Waals surface area contributed by atoms with Crippen LogP contribution in [0.5, 0.6) is 0 Å². The van der Waals surface area contributed by atoms with E-state index in [2.05, 4.69) is 23.8 Å². The van der Waals surface area contributed by atoms with E-state index in [0.717, 1.165) is 17.0 Å². The molecule has 0 bridgehead atoms. The minimum absolute atomic E-state index is 0.381. The number of nitrogens with zero attached hydrogens (tertiary/aromatic N) is 2. The monoisotopic (exact) mass is 232 g/mol. The van der Waals surface area contributed by atoms with Gasteiger partial charge in [-0.2, -0.15) is 0 Å². The summed E-state index contributed by atoms with van der Waals surface area (Å²) in [7, 11) is 0. The third kappa shape index (κ3) is 2.39. The van der Waals surface area contributed by atoms with Gasteiger partial charge in [-0.05, 0) is 18.1 Å². The largest absolute Gasteiger partial charge is 0.261 e. The number of hydrogen-bond donors (Lipinski definition) is 0. The highest BCUT2D eigenvalue weighted by Gasteiger charge is 2.05. The Kier molecular flexibility index (Phi) is 3.20. The van der Waals surface area contributed by atoms with E-state index in [9.17, 15) is 0 Å². The highest BCUT2D eigenvalue weighted by molar-refractivity contribution is 6.30. The van der Waals surface area contributed by atoms with Crippen molar-refractivity contribution in [2.75, 3.05) is 0 Å². The molecule has 0 atom stereocenters. The highest BCUT2D eigenvalue weighted by atomic mass is 35.5. The standard InChI is InChI=1S/C13H13ClN2/c1-9(2)12-7-15-8-13(16-12)10-4-3-5-11(14)6-10/h3-9H,1-2H3. The van der Waals surface area contributed by atoms with Crippen molar-refractivity contribution < 1.29 is 0 Å². The first-order chi connectivity index (χ1) is 7.66. The van der Waals surface area contributed by atoms with Gasteiger partial charge in [0.2, 0.25) is 0 Å². The van der Waals surface area contributed by atoms with Gasteiger partial charge >= 0.3 is 0 Å². The van der Waals surface area contributed by atoms with Gasteiger partial charge < -0.3 is 0 Å².